The average Bonchev–Trinajstić information content (AvgIpc) is 3.30. The summed E-state index contributed by atoms with van der Waals surface area (Å²) < 4.78 is 7.14. The van der Waals surface area contributed by atoms with Gasteiger partial charge in [-0.3, -0.25) is 0 Å². The molecule has 26 heavy (non-hydrogen) atoms. The number of guanidine groups is 1. The molecule has 3 heterocycles. The molecule has 8 nitrogen and oxygen atoms in total. The van der Waals surface area contributed by atoms with Crippen molar-refractivity contribution in [2.45, 2.75) is 13.5 Å². The van der Waals surface area contributed by atoms with Crippen molar-refractivity contribution in [1.29, 1.82) is 0 Å². The number of methoxy groups -OCH3 is 1. The van der Waals surface area contributed by atoms with Crippen LogP contribution in [-0.4, -0.2) is 72.1 Å². The Bertz CT molecular complexity index is 705. The van der Waals surface area contributed by atoms with Gasteiger partial charge in [0.25, 0.3) is 0 Å². The van der Waals surface area contributed by atoms with E-state index in [2.05, 4.69) is 42.8 Å². The van der Waals surface area contributed by atoms with Crippen LogP contribution in [0.2, 0.25) is 0 Å². The highest BCUT2D eigenvalue weighted by molar-refractivity contribution is 7.14. The smallest absolute Gasteiger partial charge is 0.194 e. The zero-order valence-electron chi connectivity index (χ0n) is 15.7. The minimum absolute atomic E-state index is 0.512. The van der Waals surface area contributed by atoms with Gasteiger partial charge < -0.3 is 24.4 Å². The Morgan fingerprint density at radius 2 is 2.12 bits per heavy atom. The molecule has 0 radical (unpaired) electrons. The second kappa shape index (κ2) is 9.00. The highest BCUT2D eigenvalue weighted by atomic mass is 32.1. The van der Waals surface area contributed by atoms with E-state index in [-0.39, 0.29) is 0 Å². The topological polar surface area (TPSA) is 70.8 Å². The van der Waals surface area contributed by atoms with E-state index in [1.165, 1.54) is 5.00 Å². The van der Waals surface area contributed by atoms with Crippen LogP contribution in [0.15, 0.2) is 22.5 Å². The van der Waals surface area contributed by atoms with E-state index in [4.69, 9.17) is 9.73 Å². The number of hydrogen-bond donors (Lipinski definition) is 1. The molecule has 0 atom stereocenters. The van der Waals surface area contributed by atoms with Crippen LogP contribution < -0.4 is 10.2 Å². The Kier molecular flexibility index (Phi) is 6.45. The van der Waals surface area contributed by atoms with Crippen LogP contribution in [0.4, 0.5) is 5.00 Å². The fraction of sp³-hybridized carbons (Fsp3) is 0.588. The molecule has 2 aromatic rings. The van der Waals surface area contributed by atoms with Crippen molar-refractivity contribution in [2.75, 3.05) is 51.3 Å². The van der Waals surface area contributed by atoms with Crippen LogP contribution in [0.5, 0.6) is 0 Å². The quantitative estimate of drug-likeness (QED) is 0.462. The van der Waals surface area contributed by atoms with Crippen molar-refractivity contribution in [1.82, 2.24) is 25.0 Å². The van der Waals surface area contributed by atoms with E-state index in [1.54, 1.807) is 18.4 Å². The highest BCUT2D eigenvalue weighted by Crippen LogP contribution is 2.22. The number of aromatic nitrogens is 3. The summed E-state index contributed by atoms with van der Waals surface area (Å²) in [6.07, 6.45) is 0. The molecule has 0 spiro atoms. The molecule has 0 saturated carbocycles. The Hall–Kier alpha value is -2.13. The summed E-state index contributed by atoms with van der Waals surface area (Å²) in [6, 6.07) is 4.29. The van der Waals surface area contributed by atoms with Crippen molar-refractivity contribution >= 4 is 22.3 Å². The molecule has 2 aromatic heterocycles. The zero-order valence-corrected chi connectivity index (χ0v) is 16.5. The molecule has 0 amide bonds. The molecule has 1 fully saturated rings. The van der Waals surface area contributed by atoms with Gasteiger partial charge in [0.05, 0.1) is 11.6 Å². The Morgan fingerprint density at radius 3 is 2.73 bits per heavy atom. The summed E-state index contributed by atoms with van der Waals surface area (Å²) in [5.74, 6) is 2.67. The maximum atomic E-state index is 5.16. The third-order valence-electron chi connectivity index (χ3n) is 4.54. The second-order valence-electron chi connectivity index (χ2n) is 6.21. The summed E-state index contributed by atoms with van der Waals surface area (Å²) in [7, 11) is 3.68. The second-order valence-corrected chi connectivity index (χ2v) is 7.13. The molecular weight excluding hydrogens is 350 g/mol. The summed E-state index contributed by atoms with van der Waals surface area (Å²) in [4.78, 5) is 9.53. The van der Waals surface area contributed by atoms with E-state index in [0.29, 0.717) is 13.2 Å². The third-order valence-corrected chi connectivity index (χ3v) is 5.47. The molecular formula is C17H27N7OS. The van der Waals surface area contributed by atoms with Gasteiger partial charge in [-0.1, -0.05) is 0 Å². The lowest BCUT2D eigenvalue weighted by molar-refractivity contribution is 0.202. The number of piperazine rings is 1. The van der Waals surface area contributed by atoms with Crippen LogP contribution in [0.25, 0.3) is 0 Å². The summed E-state index contributed by atoms with van der Waals surface area (Å²) >= 11 is 1.79. The number of anilines is 1. The van der Waals surface area contributed by atoms with Crippen LogP contribution in [0.1, 0.15) is 11.6 Å². The number of rotatable bonds is 6. The van der Waals surface area contributed by atoms with Crippen molar-refractivity contribution in [3.8, 4) is 0 Å². The number of hydrogen-bond acceptors (Lipinski definition) is 6. The molecule has 3 rings (SSSR count). The van der Waals surface area contributed by atoms with E-state index < -0.39 is 0 Å². The lowest BCUT2D eigenvalue weighted by Gasteiger charge is -2.37. The number of aliphatic imine (C=N–C) groups is 1. The van der Waals surface area contributed by atoms with Gasteiger partial charge >= 0.3 is 0 Å². The molecule has 142 valence electrons. The standard InChI is InChI=1S/C17H27N7OS/c1-14-20-21-15(22(14)2)13-19-17(18-6-11-25-3)24-9-7-23(8-10-24)16-5-4-12-26-16/h4-5,12H,6-11,13H2,1-3H3,(H,18,19). The number of thiophene rings is 1. The maximum Gasteiger partial charge on any atom is 0.194 e. The molecule has 1 N–H and O–H groups in total. The number of nitrogens with zero attached hydrogens (tertiary/aromatic N) is 6. The molecule has 1 saturated heterocycles. The summed E-state index contributed by atoms with van der Waals surface area (Å²) in [6.45, 7) is 7.71. The first-order valence-electron chi connectivity index (χ1n) is 8.84. The van der Waals surface area contributed by atoms with Gasteiger partial charge in [-0.2, -0.15) is 0 Å². The monoisotopic (exact) mass is 377 g/mol. The predicted molar refractivity (Wildman–Crippen MR) is 105 cm³/mol. The average molecular weight is 378 g/mol. The molecule has 0 bridgehead atoms. The highest BCUT2D eigenvalue weighted by Gasteiger charge is 2.20. The van der Waals surface area contributed by atoms with Crippen LogP contribution in [-0.2, 0) is 18.3 Å². The summed E-state index contributed by atoms with van der Waals surface area (Å²) in [5, 5.41) is 15.2. The van der Waals surface area contributed by atoms with Crippen molar-refractivity contribution in [3.05, 3.63) is 29.2 Å². The van der Waals surface area contributed by atoms with Gasteiger partial charge in [0.15, 0.2) is 11.8 Å². The van der Waals surface area contributed by atoms with E-state index in [9.17, 15) is 0 Å². The Labute approximate surface area is 158 Å². The van der Waals surface area contributed by atoms with Gasteiger partial charge in [-0.25, -0.2) is 4.99 Å². The molecule has 9 heteroatoms. The lowest BCUT2D eigenvalue weighted by Crippen LogP contribution is -2.52. The first-order valence-corrected chi connectivity index (χ1v) is 9.72. The largest absolute Gasteiger partial charge is 0.383 e. The van der Waals surface area contributed by atoms with Gasteiger partial charge in [0, 0.05) is 46.9 Å². The number of aryl methyl sites for hydroxylation is 1. The zero-order chi connectivity index (χ0) is 18.4. The number of nitrogens with one attached hydrogen (secondary N) is 1. The Balaban J connectivity index is 1.64. The molecule has 0 aromatic carbocycles. The molecule has 0 aliphatic carbocycles. The molecule has 0 unspecified atom stereocenters. The van der Waals surface area contributed by atoms with Crippen LogP contribution in [0, 0.1) is 6.92 Å². The maximum absolute atomic E-state index is 5.16. The van der Waals surface area contributed by atoms with Gasteiger partial charge in [-0.15, -0.1) is 21.5 Å². The van der Waals surface area contributed by atoms with Crippen molar-refractivity contribution < 1.29 is 4.74 Å². The fourth-order valence-corrected chi connectivity index (χ4v) is 3.64. The first kappa shape index (κ1) is 18.7. The minimum atomic E-state index is 0.512. The summed E-state index contributed by atoms with van der Waals surface area (Å²) in [5.41, 5.74) is 0. The van der Waals surface area contributed by atoms with Gasteiger partial charge in [0.1, 0.15) is 12.4 Å². The van der Waals surface area contributed by atoms with Crippen molar-refractivity contribution in [2.24, 2.45) is 12.0 Å². The van der Waals surface area contributed by atoms with E-state index >= 15 is 0 Å². The van der Waals surface area contributed by atoms with Crippen molar-refractivity contribution in [3.63, 3.8) is 0 Å². The number of ether oxygens (including phenoxy) is 1. The molecule has 1 aliphatic rings. The third kappa shape index (κ3) is 4.53. The Morgan fingerprint density at radius 1 is 1.31 bits per heavy atom. The van der Waals surface area contributed by atoms with Gasteiger partial charge in [0.2, 0.25) is 0 Å². The van der Waals surface area contributed by atoms with Gasteiger partial charge in [-0.05, 0) is 24.4 Å². The van der Waals surface area contributed by atoms with Crippen LogP contribution >= 0.6 is 11.3 Å². The van der Waals surface area contributed by atoms with E-state index in [0.717, 1.165) is 50.3 Å². The fourth-order valence-electron chi connectivity index (χ4n) is 2.86. The normalized spacial score (nSPS) is 15.6. The molecule has 1 aliphatic heterocycles. The SMILES string of the molecule is COCCNC(=NCc1nnc(C)n1C)N1CCN(c2cccs2)CC1. The first-order chi connectivity index (χ1) is 12.7. The minimum Gasteiger partial charge on any atom is -0.383 e. The lowest BCUT2D eigenvalue weighted by atomic mass is 10.3. The van der Waals surface area contributed by atoms with E-state index in [1.807, 2.05) is 18.5 Å². The van der Waals surface area contributed by atoms with Crippen LogP contribution in [0.3, 0.4) is 0 Å². The predicted octanol–water partition coefficient (Wildman–Crippen LogP) is 1.10.